The Morgan fingerprint density at radius 2 is 1.76 bits per heavy atom. The summed E-state index contributed by atoms with van der Waals surface area (Å²) < 4.78 is 12.2. The number of rotatable bonds is 5. The van der Waals surface area contributed by atoms with E-state index in [0.717, 1.165) is 50.4 Å². The van der Waals surface area contributed by atoms with Gasteiger partial charge in [-0.2, -0.15) is 0 Å². The van der Waals surface area contributed by atoms with Gasteiger partial charge in [-0.15, -0.1) is 0 Å². The lowest BCUT2D eigenvalue weighted by Gasteiger charge is -2.30. The van der Waals surface area contributed by atoms with Crippen LogP contribution in [0.3, 0.4) is 0 Å². The number of para-hydroxylation sites is 2. The predicted octanol–water partition coefficient (Wildman–Crippen LogP) is 6.84. The van der Waals surface area contributed by atoms with Crippen LogP contribution in [-0.4, -0.2) is 19.5 Å². The van der Waals surface area contributed by atoms with Gasteiger partial charge in [0.15, 0.2) is 17.3 Å². The second-order valence-corrected chi connectivity index (χ2v) is 9.48. The van der Waals surface area contributed by atoms with Gasteiger partial charge in [-0.25, -0.2) is 0 Å². The first-order chi connectivity index (χ1) is 16.6. The van der Waals surface area contributed by atoms with E-state index in [9.17, 15) is 4.79 Å². The lowest BCUT2D eigenvalue weighted by molar-refractivity contribution is -0.116. The van der Waals surface area contributed by atoms with E-state index in [1.807, 2.05) is 61.5 Å². The average molecular weight is 519 g/mol. The molecule has 2 aliphatic rings. The Morgan fingerprint density at radius 1 is 0.941 bits per heavy atom. The second-order valence-electron chi connectivity index (χ2n) is 8.57. The summed E-state index contributed by atoms with van der Waals surface area (Å²) in [5, 5.41) is 7.22. The van der Waals surface area contributed by atoms with E-state index >= 15 is 0 Å². The van der Waals surface area contributed by atoms with Crippen molar-refractivity contribution < 1.29 is 14.3 Å². The van der Waals surface area contributed by atoms with Crippen molar-refractivity contribution in [2.45, 2.75) is 31.7 Å². The van der Waals surface area contributed by atoms with Crippen molar-refractivity contribution in [2.24, 2.45) is 0 Å². The van der Waals surface area contributed by atoms with Crippen molar-refractivity contribution in [3.63, 3.8) is 0 Å². The van der Waals surface area contributed by atoms with Gasteiger partial charge in [0.25, 0.3) is 0 Å². The van der Waals surface area contributed by atoms with Crippen LogP contribution in [-0.2, 0) is 4.79 Å². The molecule has 0 fully saturated rings. The number of hydrogen-bond donors (Lipinski definition) is 2. The van der Waals surface area contributed by atoms with Crippen LogP contribution in [0.4, 0.5) is 11.4 Å². The molecule has 174 valence electrons. The van der Waals surface area contributed by atoms with Crippen LogP contribution in [0.25, 0.3) is 0 Å². The van der Waals surface area contributed by atoms with Crippen molar-refractivity contribution in [1.29, 1.82) is 0 Å². The SMILES string of the molecule is CCOc1ccc(C2CC(=O)C3=C(C2)Nc2ccccc2NC3c2cccc(Br)c2)cc1OC. The number of fused-ring (bicyclic) bond motifs is 1. The number of carbonyl (C=O) groups excluding carboxylic acids is 1. The van der Waals surface area contributed by atoms with E-state index in [1.54, 1.807) is 7.11 Å². The number of benzene rings is 3. The smallest absolute Gasteiger partial charge is 0.163 e. The van der Waals surface area contributed by atoms with Gasteiger partial charge in [-0.1, -0.05) is 46.3 Å². The Balaban J connectivity index is 1.56. The van der Waals surface area contributed by atoms with Crippen LogP contribution >= 0.6 is 15.9 Å². The number of halogens is 1. The van der Waals surface area contributed by atoms with E-state index in [1.165, 1.54) is 0 Å². The molecule has 0 aromatic heterocycles. The molecule has 0 amide bonds. The van der Waals surface area contributed by atoms with Gasteiger partial charge >= 0.3 is 0 Å². The van der Waals surface area contributed by atoms with Crippen LogP contribution < -0.4 is 20.1 Å². The molecule has 2 atom stereocenters. The lowest BCUT2D eigenvalue weighted by atomic mass is 9.78. The molecule has 0 radical (unpaired) electrons. The molecule has 34 heavy (non-hydrogen) atoms. The number of methoxy groups -OCH3 is 1. The number of anilines is 2. The third-order valence-electron chi connectivity index (χ3n) is 6.45. The van der Waals surface area contributed by atoms with Crippen LogP contribution in [0, 0.1) is 0 Å². The summed E-state index contributed by atoms with van der Waals surface area (Å²) in [7, 11) is 1.65. The summed E-state index contributed by atoms with van der Waals surface area (Å²) >= 11 is 3.59. The molecule has 1 aliphatic carbocycles. The zero-order chi connectivity index (χ0) is 23.7. The van der Waals surface area contributed by atoms with E-state index in [-0.39, 0.29) is 17.7 Å². The van der Waals surface area contributed by atoms with E-state index in [2.05, 4.69) is 38.7 Å². The van der Waals surface area contributed by atoms with Crippen molar-refractivity contribution in [3.05, 3.63) is 93.6 Å². The van der Waals surface area contributed by atoms with Gasteiger partial charge < -0.3 is 20.1 Å². The molecule has 0 saturated heterocycles. The summed E-state index contributed by atoms with van der Waals surface area (Å²) in [6.45, 7) is 2.52. The van der Waals surface area contributed by atoms with E-state index in [4.69, 9.17) is 9.47 Å². The molecule has 3 aromatic carbocycles. The maximum atomic E-state index is 13.7. The molecule has 2 unspecified atom stereocenters. The van der Waals surface area contributed by atoms with Crippen LogP contribution in [0.1, 0.15) is 42.9 Å². The predicted molar refractivity (Wildman–Crippen MR) is 139 cm³/mol. The number of ketones is 1. The average Bonchev–Trinajstić information content (AvgIpc) is 3.01. The Kier molecular flexibility index (Phi) is 6.33. The molecule has 1 aliphatic heterocycles. The third kappa shape index (κ3) is 4.30. The minimum Gasteiger partial charge on any atom is -0.493 e. The first kappa shape index (κ1) is 22.5. The van der Waals surface area contributed by atoms with E-state index < -0.39 is 0 Å². The van der Waals surface area contributed by atoms with Gasteiger partial charge in [-0.3, -0.25) is 4.79 Å². The lowest BCUT2D eigenvalue weighted by Crippen LogP contribution is -2.26. The Hall–Kier alpha value is -3.25. The summed E-state index contributed by atoms with van der Waals surface area (Å²) in [6.07, 6.45) is 1.18. The molecular weight excluding hydrogens is 492 g/mol. The fourth-order valence-corrected chi connectivity index (χ4v) is 5.29. The molecule has 3 aromatic rings. The molecular formula is C28H27BrN2O3. The summed E-state index contributed by atoms with van der Waals surface area (Å²) in [4.78, 5) is 13.7. The van der Waals surface area contributed by atoms with Gasteiger partial charge in [0.1, 0.15) is 0 Å². The maximum Gasteiger partial charge on any atom is 0.163 e. The van der Waals surface area contributed by atoms with E-state index in [0.29, 0.717) is 18.8 Å². The highest BCUT2D eigenvalue weighted by molar-refractivity contribution is 9.10. The Labute approximate surface area is 208 Å². The molecule has 5 rings (SSSR count). The van der Waals surface area contributed by atoms with Crippen molar-refractivity contribution in [2.75, 3.05) is 24.4 Å². The molecule has 0 bridgehead atoms. The maximum absolute atomic E-state index is 13.7. The number of carbonyl (C=O) groups is 1. The number of Topliss-reactive ketones (excluding diaryl/α,β-unsaturated/α-hetero) is 1. The molecule has 0 spiro atoms. The highest BCUT2D eigenvalue weighted by Gasteiger charge is 2.36. The molecule has 5 nitrogen and oxygen atoms in total. The van der Waals surface area contributed by atoms with Crippen molar-refractivity contribution >= 4 is 33.1 Å². The van der Waals surface area contributed by atoms with Gasteiger partial charge in [0.05, 0.1) is 31.1 Å². The Morgan fingerprint density at radius 3 is 2.53 bits per heavy atom. The standard InChI is InChI=1S/C28H27BrN2O3/c1-3-34-25-12-11-17(16-26(25)33-2)19-14-23-27(24(32)15-19)28(18-7-6-8-20(29)13-18)31-22-10-5-4-9-21(22)30-23/h4-13,16,19,28,30-31H,3,14-15H2,1-2H3. The first-order valence-electron chi connectivity index (χ1n) is 11.5. The fourth-order valence-electron chi connectivity index (χ4n) is 4.88. The van der Waals surface area contributed by atoms with Gasteiger partial charge in [-0.05, 0) is 66.8 Å². The van der Waals surface area contributed by atoms with Crippen LogP contribution in [0.15, 0.2) is 82.5 Å². The molecule has 6 heteroatoms. The fraction of sp³-hybridized carbons (Fsp3) is 0.250. The highest BCUT2D eigenvalue weighted by atomic mass is 79.9. The molecule has 1 heterocycles. The zero-order valence-corrected chi connectivity index (χ0v) is 20.8. The minimum absolute atomic E-state index is 0.0525. The topological polar surface area (TPSA) is 59.6 Å². The third-order valence-corrected chi connectivity index (χ3v) is 6.94. The van der Waals surface area contributed by atoms with Gasteiger partial charge in [0.2, 0.25) is 0 Å². The summed E-state index contributed by atoms with van der Waals surface area (Å²) in [5.41, 5.74) is 5.86. The van der Waals surface area contributed by atoms with Crippen molar-refractivity contribution in [1.82, 2.24) is 0 Å². The Bertz CT molecular complexity index is 1270. The van der Waals surface area contributed by atoms with Crippen LogP contribution in [0.5, 0.6) is 11.5 Å². The zero-order valence-electron chi connectivity index (χ0n) is 19.2. The largest absolute Gasteiger partial charge is 0.493 e. The highest BCUT2D eigenvalue weighted by Crippen LogP contribution is 2.45. The summed E-state index contributed by atoms with van der Waals surface area (Å²) in [5.74, 6) is 1.62. The molecule has 2 N–H and O–H groups in total. The second kappa shape index (κ2) is 9.55. The monoisotopic (exact) mass is 518 g/mol. The first-order valence-corrected chi connectivity index (χ1v) is 12.3. The number of hydrogen-bond acceptors (Lipinski definition) is 5. The van der Waals surface area contributed by atoms with Crippen LogP contribution in [0.2, 0.25) is 0 Å². The number of ether oxygens (including phenoxy) is 2. The summed E-state index contributed by atoms with van der Waals surface area (Å²) in [6, 6.07) is 22.0. The number of allylic oxidation sites excluding steroid dienone is 1. The number of nitrogens with one attached hydrogen (secondary N) is 2. The van der Waals surface area contributed by atoms with Crippen molar-refractivity contribution in [3.8, 4) is 11.5 Å². The minimum atomic E-state index is -0.230. The molecule has 0 saturated carbocycles. The normalized spacial score (nSPS) is 19.3. The quantitative estimate of drug-likeness (QED) is 0.387. The van der Waals surface area contributed by atoms with Gasteiger partial charge in [0, 0.05) is 22.2 Å².